The van der Waals surface area contributed by atoms with E-state index in [0.29, 0.717) is 17.1 Å². The topological polar surface area (TPSA) is 46.5 Å². The molecule has 2 aromatic carbocycles. The lowest BCUT2D eigenvalue weighted by Crippen LogP contribution is -2.28. The molecule has 0 fully saturated rings. The van der Waals surface area contributed by atoms with E-state index in [1.54, 1.807) is 12.1 Å². The van der Waals surface area contributed by atoms with Crippen molar-refractivity contribution in [3.8, 4) is 0 Å². The first-order valence-corrected chi connectivity index (χ1v) is 7.07. The Balaban J connectivity index is 1.88. The SMILES string of the molecule is O=C(Cc1ccc2c(c1)B(O)OC2)c1cccc(C(F)(F)F)c1F. The second-order valence-electron chi connectivity index (χ2n) is 5.46. The predicted molar refractivity (Wildman–Crippen MR) is 78.3 cm³/mol. The molecule has 1 aliphatic rings. The number of fused-ring (bicyclic) bond motifs is 1. The number of rotatable bonds is 3. The van der Waals surface area contributed by atoms with Crippen LogP contribution in [0.2, 0.25) is 0 Å². The molecule has 3 nitrogen and oxygen atoms in total. The minimum atomic E-state index is -4.87. The number of halogens is 4. The van der Waals surface area contributed by atoms with E-state index >= 15 is 0 Å². The molecule has 0 amide bonds. The molecule has 0 saturated carbocycles. The van der Waals surface area contributed by atoms with Crippen molar-refractivity contribution in [3.05, 3.63) is 64.5 Å². The molecule has 0 unspecified atom stereocenters. The first-order valence-electron chi connectivity index (χ1n) is 7.07. The number of alkyl halides is 3. The summed E-state index contributed by atoms with van der Waals surface area (Å²) in [6.45, 7) is 0.243. The van der Waals surface area contributed by atoms with Crippen LogP contribution in [0.15, 0.2) is 36.4 Å². The van der Waals surface area contributed by atoms with E-state index in [-0.39, 0.29) is 13.0 Å². The van der Waals surface area contributed by atoms with Gasteiger partial charge in [0.1, 0.15) is 5.82 Å². The van der Waals surface area contributed by atoms with Gasteiger partial charge in [-0.2, -0.15) is 13.2 Å². The Morgan fingerprint density at radius 3 is 2.71 bits per heavy atom. The summed E-state index contributed by atoms with van der Waals surface area (Å²) in [5.41, 5.74) is -0.345. The molecule has 0 aromatic heterocycles. The summed E-state index contributed by atoms with van der Waals surface area (Å²) in [6, 6.07) is 7.42. The highest BCUT2D eigenvalue weighted by atomic mass is 19.4. The zero-order valence-corrected chi connectivity index (χ0v) is 12.2. The molecule has 124 valence electrons. The van der Waals surface area contributed by atoms with Crippen LogP contribution < -0.4 is 5.46 Å². The Labute approximate surface area is 135 Å². The van der Waals surface area contributed by atoms with Crippen LogP contribution in [-0.2, 0) is 23.9 Å². The van der Waals surface area contributed by atoms with Gasteiger partial charge in [0.25, 0.3) is 0 Å². The second kappa shape index (κ2) is 6.03. The number of Topliss-reactive ketones (excluding diaryl/α,β-unsaturated/α-hetero) is 1. The zero-order chi connectivity index (χ0) is 17.5. The minimum absolute atomic E-state index is 0.243. The van der Waals surface area contributed by atoms with Crippen molar-refractivity contribution in [3.63, 3.8) is 0 Å². The maximum absolute atomic E-state index is 14.0. The van der Waals surface area contributed by atoms with E-state index in [1.807, 2.05) is 0 Å². The Bertz CT molecular complexity index is 804. The van der Waals surface area contributed by atoms with Gasteiger partial charge in [0.15, 0.2) is 5.78 Å². The molecule has 2 aromatic rings. The molecular formula is C16H11BF4O3. The molecule has 8 heteroatoms. The van der Waals surface area contributed by atoms with Crippen LogP contribution in [0.25, 0.3) is 0 Å². The smallest absolute Gasteiger partial charge is 0.423 e. The Morgan fingerprint density at radius 1 is 1.25 bits per heavy atom. The lowest BCUT2D eigenvalue weighted by atomic mass is 9.78. The summed E-state index contributed by atoms with van der Waals surface area (Å²) >= 11 is 0. The molecule has 0 spiro atoms. The number of benzene rings is 2. The second-order valence-corrected chi connectivity index (χ2v) is 5.46. The van der Waals surface area contributed by atoms with Crippen LogP contribution in [0.4, 0.5) is 17.6 Å². The third-order valence-corrected chi connectivity index (χ3v) is 3.84. The number of carbonyl (C=O) groups excluding carboxylic acids is 1. The van der Waals surface area contributed by atoms with Gasteiger partial charge in [0.05, 0.1) is 17.7 Å². The van der Waals surface area contributed by atoms with E-state index in [4.69, 9.17) is 4.65 Å². The van der Waals surface area contributed by atoms with Gasteiger partial charge in [0.2, 0.25) is 0 Å². The Hall–Kier alpha value is -2.19. The van der Waals surface area contributed by atoms with Gasteiger partial charge < -0.3 is 9.68 Å². The van der Waals surface area contributed by atoms with E-state index in [1.165, 1.54) is 6.07 Å². The lowest BCUT2D eigenvalue weighted by molar-refractivity contribution is -0.140. The van der Waals surface area contributed by atoms with Crippen LogP contribution in [0.5, 0.6) is 0 Å². The summed E-state index contributed by atoms with van der Waals surface area (Å²) in [4.78, 5) is 12.2. The number of hydrogen-bond donors (Lipinski definition) is 1. The fourth-order valence-electron chi connectivity index (χ4n) is 2.62. The molecule has 0 saturated heterocycles. The Kier molecular flexibility index (Phi) is 4.19. The molecule has 0 aliphatic carbocycles. The summed E-state index contributed by atoms with van der Waals surface area (Å²) in [6.07, 6.45) is -5.15. The molecule has 3 rings (SSSR count). The van der Waals surface area contributed by atoms with Crippen LogP contribution in [0.1, 0.15) is 27.0 Å². The maximum atomic E-state index is 14.0. The summed E-state index contributed by atoms with van der Waals surface area (Å²) in [5.74, 6) is -2.34. The van der Waals surface area contributed by atoms with E-state index in [9.17, 15) is 27.4 Å². The third kappa shape index (κ3) is 3.07. The van der Waals surface area contributed by atoms with Crippen LogP contribution in [-0.4, -0.2) is 17.9 Å². The average Bonchev–Trinajstić information content (AvgIpc) is 2.87. The van der Waals surface area contributed by atoms with Crippen molar-refractivity contribution in [1.82, 2.24) is 0 Å². The fourth-order valence-corrected chi connectivity index (χ4v) is 2.62. The first kappa shape index (κ1) is 16.7. The predicted octanol–water partition coefficient (Wildman–Crippen LogP) is 2.49. The van der Waals surface area contributed by atoms with Crippen molar-refractivity contribution in [1.29, 1.82) is 0 Å². The number of ketones is 1. The molecule has 0 radical (unpaired) electrons. The third-order valence-electron chi connectivity index (χ3n) is 3.84. The summed E-state index contributed by atoms with van der Waals surface area (Å²) in [5, 5.41) is 9.63. The fraction of sp³-hybridized carbons (Fsp3) is 0.188. The molecule has 0 bridgehead atoms. The molecule has 0 atom stereocenters. The van der Waals surface area contributed by atoms with Crippen molar-refractivity contribution in [2.75, 3.05) is 0 Å². The van der Waals surface area contributed by atoms with Crippen LogP contribution >= 0.6 is 0 Å². The van der Waals surface area contributed by atoms with Gasteiger partial charge in [-0.05, 0) is 28.7 Å². The van der Waals surface area contributed by atoms with Crippen LogP contribution in [0.3, 0.4) is 0 Å². The molecule has 24 heavy (non-hydrogen) atoms. The average molecular weight is 338 g/mol. The zero-order valence-electron chi connectivity index (χ0n) is 12.2. The van der Waals surface area contributed by atoms with Crippen molar-refractivity contribution in [2.45, 2.75) is 19.2 Å². The highest BCUT2D eigenvalue weighted by molar-refractivity contribution is 6.61. The molecule has 1 N–H and O–H groups in total. The summed E-state index contributed by atoms with van der Waals surface area (Å²) in [7, 11) is -1.10. The van der Waals surface area contributed by atoms with E-state index in [0.717, 1.165) is 17.7 Å². The van der Waals surface area contributed by atoms with Gasteiger partial charge in [0, 0.05) is 6.42 Å². The van der Waals surface area contributed by atoms with Gasteiger partial charge >= 0.3 is 13.3 Å². The van der Waals surface area contributed by atoms with Gasteiger partial charge in [-0.25, -0.2) is 4.39 Å². The first-order chi connectivity index (χ1) is 11.3. The normalized spacial score (nSPS) is 14.0. The quantitative estimate of drug-likeness (QED) is 0.531. The minimum Gasteiger partial charge on any atom is -0.423 e. The van der Waals surface area contributed by atoms with Crippen molar-refractivity contribution < 1.29 is 32.0 Å². The highest BCUT2D eigenvalue weighted by Gasteiger charge is 2.35. The number of hydrogen-bond acceptors (Lipinski definition) is 3. The molecule has 1 aliphatic heterocycles. The maximum Gasteiger partial charge on any atom is 0.491 e. The lowest BCUT2D eigenvalue weighted by Gasteiger charge is -2.11. The Morgan fingerprint density at radius 2 is 2.00 bits per heavy atom. The largest absolute Gasteiger partial charge is 0.491 e. The van der Waals surface area contributed by atoms with Crippen molar-refractivity contribution >= 4 is 18.4 Å². The highest BCUT2D eigenvalue weighted by Crippen LogP contribution is 2.32. The van der Waals surface area contributed by atoms with E-state index < -0.39 is 36.0 Å². The van der Waals surface area contributed by atoms with Gasteiger partial charge in [-0.1, -0.05) is 24.3 Å². The monoisotopic (exact) mass is 338 g/mol. The molecular weight excluding hydrogens is 327 g/mol. The van der Waals surface area contributed by atoms with Crippen molar-refractivity contribution in [2.24, 2.45) is 0 Å². The van der Waals surface area contributed by atoms with Crippen LogP contribution in [0, 0.1) is 5.82 Å². The standard InChI is InChI=1S/C16H11BF4O3/c18-15-11(2-1-3-12(15)16(19,20)21)14(22)7-9-4-5-10-8-24-17(23)13(10)6-9/h1-6,23H,7-8H2. The summed E-state index contributed by atoms with van der Waals surface area (Å²) < 4.78 is 57.2. The number of carbonyl (C=O) groups is 1. The van der Waals surface area contributed by atoms with Gasteiger partial charge in [-0.3, -0.25) is 4.79 Å². The van der Waals surface area contributed by atoms with Gasteiger partial charge in [-0.15, -0.1) is 0 Å². The molecule has 1 heterocycles. The van der Waals surface area contributed by atoms with E-state index in [2.05, 4.69) is 0 Å².